The molecule has 0 aliphatic carbocycles. The molecule has 2 heterocycles. The van der Waals surface area contributed by atoms with Crippen molar-refractivity contribution in [1.82, 2.24) is 14.6 Å². The number of nitrogens with two attached hydrogens (primary N) is 1. The Morgan fingerprint density at radius 2 is 1.69 bits per heavy atom. The number of fused-ring (bicyclic) bond motifs is 1. The minimum Gasteiger partial charge on any atom is -0.399 e. The second-order valence-electron chi connectivity index (χ2n) is 8.03. The summed E-state index contributed by atoms with van der Waals surface area (Å²) in [6.45, 7) is 6.43. The number of carbonyl (C=O) groups excluding carboxylic acids is 1. The fraction of sp³-hybridized carbons (Fsp3) is 0.174. The van der Waals surface area contributed by atoms with E-state index in [2.05, 4.69) is 36.2 Å². The zero-order valence-corrected chi connectivity index (χ0v) is 16.7. The molecule has 0 saturated carbocycles. The van der Waals surface area contributed by atoms with Gasteiger partial charge in [-0.2, -0.15) is 5.10 Å². The Hall–Kier alpha value is -3.67. The highest BCUT2D eigenvalue weighted by molar-refractivity contribution is 6.04. The molecule has 0 radical (unpaired) electrons. The number of nitrogens with zero attached hydrogens (tertiary/aromatic N) is 3. The van der Waals surface area contributed by atoms with Crippen LogP contribution in [0.15, 0.2) is 66.9 Å². The summed E-state index contributed by atoms with van der Waals surface area (Å²) in [6.07, 6.45) is 1.68. The molecule has 2 aromatic heterocycles. The first-order chi connectivity index (χ1) is 13.8. The van der Waals surface area contributed by atoms with Crippen LogP contribution < -0.4 is 11.1 Å². The van der Waals surface area contributed by atoms with Crippen LogP contribution in [0.25, 0.3) is 16.9 Å². The molecule has 4 rings (SSSR count). The second kappa shape index (κ2) is 7.05. The van der Waals surface area contributed by atoms with Crippen LogP contribution in [0.2, 0.25) is 0 Å². The monoisotopic (exact) mass is 385 g/mol. The molecule has 1 amide bonds. The zero-order valence-electron chi connectivity index (χ0n) is 16.7. The molecule has 29 heavy (non-hydrogen) atoms. The van der Waals surface area contributed by atoms with Gasteiger partial charge in [-0.1, -0.05) is 45.0 Å². The number of nitrogen functional groups attached to an aromatic ring is 1. The molecule has 0 aliphatic rings. The Kier molecular flexibility index (Phi) is 4.54. The lowest BCUT2D eigenvalue weighted by atomic mass is 9.87. The number of carbonyl (C=O) groups is 1. The predicted octanol–water partition coefficient (Wildman–Crippen LogP) is 4.53. The third-order valence-corrected chi connectivity index (χ3v) is 4.82. The summed E-state index contributed by atoms with van der Waals surface area (Å²) in [7, 11) is 0. The highest BCUT2D eigenvalue weighted by Gasteiger charge is 2.15. The molecular weight excluding hydrogens is 362 g/mol. The number of rotatable bonds is 3. The first-order valence-corrected chi connectivity index (χ1v) is 9.44. The van der Waals surface area contributed by atoms with Crippen molar-refractivity contribution in [1.29, 1.82) is 0 Å². The van der Waals surface area contributed by atoms with Gasteiger partial charge in [0, 0.05) is 28.9 Å². The van der Waals surface area contributed by atoms with E-state index in [4.69, 9.17) is 5.73 Å². The highest BCUT2D eigenvalue weighted by Crippen LogP contribution is 2.25. The van der Waals surface area contributed by atoms with E-state index < -0.39 is 0 Å². The molecule has 0 atom stereocenters. The molecular formula is C23H23N5O. The van der Waals surface area contributed by atoms with Gasteiger partial charge in [-0.05, 0) is 35.2 Å². The van der Waals surface area contributed by atoms with E-state index in [1.165, 1.54) is 5.56 Å². The third-order valence-electron chi connectivity index (χ3n) is 4.82. The van der Waals surface area contributed by atoms with Gasteiger partial charge < -0.3 is 11.1 Å². The molecule has 0 fully saturated rings. The van der Waals surface area contributed by atoms with Gasteiger partial charge in [0.15, 0.2) is 5.65 Å². The van der Waals surface area contributed by atoms with Crippen molar-refractivity contribution in [3.05, 3.63) is 78.0 Å². The van der Waals surface area contributed by atoms with E-state index in [0.29, 0.717) is 22.7 Å². The summed E-state index contributed by atoms with van der Waals surface area (Å²) >= 11 is 0. The Balaban J connectivity index is 1.66. The van der Waals surface area contributed by atoms with Gasteiger partial charge in [-0.15, -0.1) is 0 Å². The largest absolute Gasteiger partial charge is 0.399 e. The number of hydrogen-bond acceptors (Lipinski definition) is 4. The minimum absolute atomic E-state index is 0.0393. The van der Waals surface area contributed by atoms with Crippen molar-refractivity contribution in [2.45, 2.75) is 26.2 Å². The third kappa shape index (κ3) is 3.82. The van der Waals surface area contributed by atoms with E-state index in [9.17, 15) is 4.79 Å². The van der Waals surface area contributed by atoms with E-state index in [1.807, 2.05) is 54.6 Å². The smallest absolute Gasteiger partial charge is 0.256 e. The summed E-state index contributed by atoms with van der Waals surface area (Å²) < 4.78 is 1.74. The van der Waals surface area contributed by atoms with E-state index >= 15 is 0 Å². The molecule has 0 unspecified atom stereocenters. The van der Waals surface area contributed by atoms with Crippen LogP contribution >= 0.6 is 0 Å². The Bertz CT molecular complexity index is 1170. The van der Waals surface area contributed by atoms with Gasteiger partial charge in [0.05, 0.1) is 11.9 Å². The summed E-state index contributed by atoms with van der Waals surface area (Å²) in [5.74, 6) is 0.264. The van der Waals surface area contributed by atoms with Crippen molar-refractivity contribution < 1.29 is 4.79 Å². The molecule has 0 spiro atoms. The lowest BCUT2D eigenvalue weighted by Crippen LogP contribution is -2.15. The Morgan fingerprint density at radius 1 is 1.00 bits per heavy atom. The normalized spacial score (nSPS) is 11.6. The molecule has 0 saturated heterocycles. The van der Waals surface area contributed by atoms with Crippen LogP contribution in [-0.2, 0) is 5.41 Å². The highest BCUT2D eigenvalue weighted by atomic mass is 16.1. The van der Waals surface area contributed by atoms with Crippen LogP contribution in [0.3, 0.4) is 0 Å². The van der Waals surface area contributed by atoms with Gasteiger partial charge in [0.2, 0.25) is 0 Å². The minimum atomic E-state index is -0.204. The molecule has 3 N–H and O–H groups in total. The molecule has 6 nitrogen and oxygen atoms in total. The van der Waals surface area contributed by atoms with Crippen LogP contribution in [0.4, 0.5) is 11.5 Å². The fourth-order valence-corrected chi connectivity index (χ4v) is 3.15. The molecule has 0 aliphatic heterocycles. The number of anilines is 2. The van der Waals surface area contributed by atoms with Crippen LogP contribution in [-0.4, -0.2) is 20.5 Å². The quantitative estimate of drug-likeness (QED) is 0.508. The summed E-state index contributed by atoms with van der Waals surface area (Å²) in [6, 6.07) is 18.8. The first-order valence-electron chi connectivity index (χ1n) is 9.44. The number of hydrogen-bond donors (Lipinski definition) is 2. The summed E-state index contributed by atoms with van der Waals surface area (Å²) in [5, 5.41) is 7.24. The molecule has 2 aromatic carbocycles. The molecule has 6 heteroatoms. The van der Waals surface area contributed by atoms with Crippen molar-refractivity contribution >= 4 is 23.1 Å². The predicted molar refractivity (Wildman–Crippen MR) is 116 cm³/mol. The van der Waals surface area contributed by atoms with Crippen LogP contribution in [0.5, 0.6) is 0 Å². The second-order valence-corrected chi connectivity index (χ2v) is 8.03. The van der Waals surface area contributed by atoms with Gasteiger partial charge >= 0.3 is 0 Å². The van der Waals surface area contributed by atoms with Crippen LogP contribution in [0.1, 0.15) is 36.7 Å². The Labute approximate surface area is 169 Å². The van der Waals surface area contributed by atoms with Crippen molar-refractivity contribution in [3.63, 3.8) is 0 Å². The van der Waals surface area contributed by atoms with Crippen LogP contribution in [0, 0.1) is 0 Å². The van der Waals surface area contributed by atoms with E-state index in [-0.39, 0.29) is 11.3 Å². The fourth-order valence-electron chi connectivity index (χ4n) is 3.15. The lowest BCUT2D eigenvalue weighted by molar-refractivity contribution is 0.102. The maximum atomic E-state index is 12.8. The van der Waals surface area contributed by atoms with Gasteiger partial charge in [0.1, 0.15) is 5.82 Å². The van der Waals surface area contributed by atoms with Crippen molar-refractivity contribution in [2.24, 2.45) is 0 Å². The standard InChI is InChI=1S/C23H23N5O/c1-23(2,3)17-8-4-16(5-9-17)22(29)27-20-14-19(15-6-10-18(24)11-7-15)28-21(26-20)12-13-25-28/h4-14H,24H2,1-3H3,(H,26,27,29). The maximum absolute atomic E-state index is 12.8. The average molecular weight is 385 g/mol. The number of aromatic nitrogens is 3. The van der Waals surface area contributed by atoms with Crippen molar-refractivity contribution in [3.8, 4) is 11.3 Å². The SMILES string of the molecule is CC(C)(C)c1ccc(C(=O)Nc2cc(-c3ccc(N)cc3)n3nccc3n2)cc1. The lowest BCUT2D eigenvalue weighted by Gasteiger charge is -2.19. The van der Waals surface area contributed by atoms with Crippen molar-refractivity contribution in [2.75, 3.05) is 11.1 Å². The summed E-state index contributed by atoms with van der Waals surface area (Å²) in [4.78, 5) is 17.3. The topological polar surface area (TPSA) is 85.3 Å². The van der Waals surface area contributed by atoms with E-state index in [1.54, 1.807) is 16.8 Å². The van der Waals surface area contributed by atoms with Gasteiger partial charge in [-0.3, -0.25) is 4.79 Å². The average Bonchev–Trinajstić information content (AvgIpc) is 3.16. The van der Waals surface area contributed by atoms with Gasteiger partial charge in [0.25, 0.3) is 5.91 Å². The van der Waals surface area contributed by atoms with Gasteiger partial charge in [-0.25, -0.2) is 9.50 Å². The zero-order chi connectivity index (χ0) is 20.6. The number of benzene rings is 2. The number of amides is 1. The molecule has 146 valence electrons. The maximum Gasteiger partial charge on any atom is 0.256 e. The number of nitrogens with one attached hydrogen (secondary N) is 1. The summed E-state index contributed by atoms with van der Waals surface area (Å²) in [5.41, 5.74) is 10.7. The first kappa shape index (κ1) is 18.7. The molecule has 4 aromatic rings. The Morgan fingerprint density at radius 3 is 2.34 bits per heavy atom. The van der Waals surface area contributed by atoms with E-state index in [0.717, 1.165) is 11.3 Å². The molecule has 0 bridgehead atoms.